The zero-order valence-corrected chi connectivity index (χ0v) is 12.1. The van der Waals surface area contributed by atoms with Crippen LogP contribution in [0.15, 0.2) is 42.5 Å². The number of halogens is 1. The fourth-order valence-corrected chi connectivity index (χ4v) is 2.91. The van der Waals surface area contributed by atoms with Crippen LogP contribution in [0.1, 0.15) is 17.2 Å². The number of methoxy groups -OCH3 is 1. The molecule has 1 aliphatic rings. The average molecular weight is 301 g/mol. The van der Waals surface area contributed by atoms with Gasteiger partial charge in [-0.1, -0.05) is 6.07 Å². The molecule has 2 aromatic rings. The lowest BCUT2D eigenvalue weighted by molar-refractivity contribution is -0.138. The van der Waals surface area contributed by atoms with E-state index in [9.17, 15) is 14.3 Å². The summed E-state index contributed by atoms with van der Waals surface area (Å²) in [5.41, 5.74) is 2.43. The van der Waals surface area contributed by atoms with E-state index in [0.29, 0.717) is 18.7 Å². The molecule has 0 aromatic heterocycles. The van der Waals surface area contributed by atoms with Crippen LogP contribution in [0.4, 0.5) is 10.1 Å². The maximum atomic E-state index is 13.1. The molecule has 1 N–H and O–H groups in total. The topological polar surface area (TPSA) is 49.8 Å². The Morgan fingerprint density at radius 2 is 2.00 bits per heavy atom. The number of fused-ring (bicyclic) bond motifs is 1. The van der Waals surface area contributed by atoms with Crippen molar-refractivity contribution in [2.45, 2.75) is 12.5 Å². The molecule has 1 unspecified atom stereocenters. The molecule has 3 rings (SSSR count). The smallest absolute Gasteiger partial charge is 0.331 e. The molecular formula is C17H16FNO3. The first-order chi connectivity index (χ1) is 10.6. The largest absolute Gasteiger partial charge is 0.497 e. The summed E-state index contributed by atoms with van der Waals surface area (Å²) < 4.78 is 18.3. The van der Waals surface area contributed by atoms with Crippen molar-refractivity contribution in [3.63, 3.8) is 0 Å². The zero-order valence-electron chi connectivity index (χ0n) is 12.1. The number of rotatable bonds is 3. The van der Waals surface area contributed by atoms with Gasteiger partial charge in [-0.25, -0.2) is 9.18 Å². The first kappa shape index (κ1) is 14.4. The maximum Gasteiger partial charge on any atom is 0.331 e. The van der Waals surface area contributed by atoms with E-state index in [0.717, 1.165) is 16.9 Å². The number of carboxylic acids is 1. The van der Waals surface area contributed by atoms with Crippen LogP contribution in [-0.4, -0.2) is 24.7 Å². The standard InChI is InChI=1S/C17H16FNO3/c1-22-14-6-7-15-11(10-14)8-9-19(16(15)17(20)21)13-4-2-12(18)3-5-13/h2-7,10,16H,8-9H2,1H3,(H,20,21). The lowest BCUT2D eigenvalue weighted by Crippen LogP contribution is -2.39. The highest BCUT2D eigenvalue weighted by molar-refractivity contribution is 5.81. The van der Waals surface area contributed by atoms with Gasteiger partial charge >= 0.3 is 5.97 Å². The van der Waals surface area contributed by atoms with Gasteiger partial charge in [0.25, 0.3) is 0 Å². The summed E-state index contributed by atoms with van der Waals surface area (Å²) in [5.74, 6) is -0.536. The van der Waals surface area contributed by atoms with Gasteiger partial charge in [-0.2, -0.15) is 0 Å². The van der Waals surface area contributed by atoms with Gasteiger partial charge in [-0.15, -0.1) is 0 Å². The summed E-state index contributed by atoms with van der Waals surface area (Å²) in [4.78, 5) is 13.6. The second-order valence-electron chi connectivity index (χ2n) is 5.23. The Morgan fingerprint density at radius 1 is 1.27 bits per heavy atom. The Hall–Kier alpha value is -2.56. The molecule has 0 radical (unpaired) electrons. The number of carbonyl (C=O) groups is 1. The Kier molecular flexibility index (Phi) is 3.71. The highest BCUT2D eigenvalue weighted by Gasteiger charge is 2.33. The van der Waals surface area contributed by atoms with Crippen LogP contribution in [-0.2, 0) is 11.2 Å². The number of nitrogens with zero attached hydrogens (tertiary/aromatic N) is 1. The van der Waals surface area contributed by atoms with Crippen LogP contribution in [0.25, 0.3) is 0 Å². The van der Waals surface area contributed by atoms with Crippen LogP contribution in [0.5, 0.6) is 5.75 Å². The lowest BCUT2D eigenvalue weighted by Gasteiger charge is -2.36. The van der Waals surface area contributed by atoms with Crippen molar-refractivity contribution in [1.82, 2.24) is 0 Å². The predicted octanol–water partition coefficient (Wildman–Crippen LogP) is 3.02. The van der Waals surface area contributed by atoms with Crippen molar-refractivity contribution < 1.29 is 19.0 Å². The molecule has 0 bridgehead atoms. The van der Waals surface area contributed by atoms with Crippen LogP contribution in [0, 0.1) is 5.82 Å². The molecule has 0 spiro atoms. The maximum absolute atomic E-state index is 13.1. The molecule has 1 heterocycles. The van der Waals surface area contributed by atoms with E-state index in [1.165, 1.54) is 12.1 Å². The third-order valence-corrected chi connectivity index (χ3v) is 3.97. The number of ether oxygens (including phenoxy) is 1. The summed E-state index contributed by atoms with van der Waals surface area (Å²) in [6, 6.07) is 10.6. The van der Waals surface area contributed by atoms with E-state index in [1.54, 1.807) is 36.3 Å². The van der Waals surface area contributed by atoms with Gasteiger partial charge in [0.1, 0.15) is 11.6 Å². The minimum absolute atomic E-state index is 0.335. The molecule has 1 atom stereocenters. The number of hydrogen-bond donors (Lipinski definition) is 1. The zero-order chi connectivity index (χ0) is 15.7. The van der Waals surface area contributed by atoms with Gasteiger partial charge in [0.05, 0.1) is 7.11 Å². The lowest BCUT2D eigenvalue weighted by atomic mass is 9.91. The molecular weight excluding hydrogens is 285 g/mol. The highest BCUT2D eigenvalue weighted by atomic mass is 19.1. The number of anilines is 1. The molecule has 114 valence electrons. The summed E-state index contributed by atoms with van der Waals surface area (Å²) in [6.07, 6.45) is 0.716. The third kappa shape index (κ3) is 2.50. The van der Waals surface area contributed by atoms with E-state index in [4.69, 9.17) is 4.74 Å². The molecule has 4 nitrogen and oxygen atoms in total. The van der Waals surface area contributed by atoms with Crippen molar-refractivity contribution in [3.8, 4) is 5.75 Å². The summed E-state index contributed by atoms with van der Waals surface area (Å²) in [5, 5.41) is 9.65. The molecule has 0 saturated heterocycles. The van der Waals surface area contributed by atoms with Crippen LogP contribution in [0.2, 0.25) is 0 Å². The first-order valence-corrected chi connectivity index (χ1v) is 7.02. The van der Waals surface area contributed by atoms with Gasteiger partial charge in [-0.3, -0.25) is 0 Å². The second kappa shape index (κ2) is 5.67. The molecule has 22 heavy (non-hydrogen) atoms. The second-order valence-corrected chi connectivity index (χ2v) is 5.23. The number of carboxylic acid groups (broad SMARTS) is 1. The normalized spacial score (nSPS) is 17.0. The Labute approximate surface area is 127 Å². The molecule has 2 aromatic carbocycles. The monoisotopic (exact) mass is 301 g/mol. The molecule has 5 heteroatoms. The molecule has 0 saturated carbocycles. The van der Waals surface area contributed by atoms with Gasteiger partial charge in [0.2, 0.25) is 0 Å². The van der Waals surface area contributed by atoms with Gasteiger partial charge in [-0.05, 0) is 53.9 Å². The fraction of sp³-hybridized carbons (Fsp3) is 0.235. The van der Waals surface area contributed by atoms with Crippen molar-refractivity contribution in [2.75, 3.05) is 18.6 Å². The van der Waals surface area contributed by atoms with Crippen molar-refractivity contribution in [2.24, 2.45) is 0 Å². The molecule has 0 aliphatic carbocycles. The number of aliphatic carboxylic acids is 1. The number of benzene rings is 2. The van der Waals surface area contributed by atoms with Crippen LogP contribution in [0.3, 0.4) is 0 Å². The van der Waals surface area contributed by atoms with Crippen LogP contribution >= 0.6 is 0 Å². The van der Waals surface area contributed by atoms with Crippen molar-refractivity contribution >= 4 is 11.7 Å². The van der Waals surface area contributed by atoms with Gasteiger partial charge in [0, 0.05) is 12.2 Å². The van der Waals surface area contributed by atoms with Gasteiger partial charge in [0.15, 0.2) is 6.04 Å². The van der Waals surface area contributed by atoms with E-state index in [1.807, 2.05) is 6.07 Å². The van der Waals surface area contributed by atoms with E-state index in [2.05, 4.69) is 0 Å². The van der Waals surface area contributed by atoms with E-state index >= 15 is 0 Å². The SMILES string of the molecule is COc1ccc2c(c1)CCN(c1ccc(F)cc1)C2C(=O)O. The van der Waals surface area contributed by atoms with Gasteiger partial charge < -0.3 is 14.7 Å². The summed E-state index contributed by atoms with van der Waals surface area (Å²) in [7, 11) is 1.59. The fourth-order valence-electron chi connectivity index (χ4n) is 2.91. The van der Waals surface area contributed by atoms with E-state index in [-0.39, 0.29) is 5.82 Å². The summed E-state index contributed by atoms with van der Waals surface area (Å²) >= 11 is 0. The summed E-state index contributed by atoms with van der Waals surface area (Å²) in [6.45, 7) is 0.558. The molecule has 0 fully saturated rings. The third-order valence-electron chi connectivity index (χ3n) is 3.97. The molecule has 1 aliphatic heterocycles. The Morgan fingerprint density at radius 3 is 2.64 bits per heavy atom. The number of hydrogen-bond acceptors (Lipinski definition) is 3. The first-order valence-electron chi connectivity index (χ1n) is 7.02. The quantitative estimate of drug-likeness (QED) is 0.946. The predicted molar refractivity (Wildman–Crippen MR) is 80.8 cm³/mol. The minimum atomic E-state index is -0.921. The van der Waals surface area contributed by atoms with Crippen LogP contribution < -0.4 is 9.64 Å². The van der Waals surface area contributed by atoms with Crippen molar-refractivity contribution in [1.29, 1.82) is 0 Å². The highest BCUT2D eigenvalue weighted by Crippen LogP contribution is 2.35. The van der Waals surface area contributed by atoms with E-state index < -0.39 is 12.0 Å². The molecule has 0 amide bonds. The Balaban J connectivity index is 2.03. The minimum Gasteiger partial charge on any atom is -0.497 e. The Bertz CT molecular complexity index is 700. The average Bonchev–Trinajstić information content (AvgIpc) is 2.53. The van der Waals surface area contributed by atoms with Crippen molar-refractivity contribution in [3.05, 3.63) is 59.4 Å².